The van der Waals surface area contributed by atoms with Gasteiger partial charge in [0.15, 0.2) is 0 Å². The number of ether oxygens (including phenoxy) is 2. The summed E-state index contributed by atoms with van der Waals surface area (Å²) in [4.78, 5) is 0. The largest absolute Gasteiger partial charge is 0.490 e. The van der Waals surface area contributed by atoms with E-state index in [1.54, 1.807) is 7.11 Å². The first-order valence-electron chi connectivity index (χ1n) is 8.20. The van der Waals surface area contributed by atoms with Gasteiger partial charge in [-0.1, -0.05) is 19.1 Å². The zero-order chi connectivity index (χ0) is 14.9. The molecule has 3 heteroatoms. The SMILES string of the molecule is COC1(C(N)c2cccc(OC3CC3)c2)CCC(C)CC1. The molecule has 1 atom stereocenters. The van der Waals surface area contributed by atoms with Gasteiger partial charge in [0.05, 0.1) is 17.7 Å². The Bertz CT molecular complexity index is 476. The molecule has 0 spiro atoms. The van der Waals surface area contributed by atoms with Crippen LogP contribution in [0.15, 0.2) is 24.3 Å². The van der Waals surface area contributed by atoms with E-state index in [4.69, 9.17) is 15.2 Å². The zero-order valence-corrected chi connectivity index (χ0v) is 13.2. The average molecular weight is 289 g/mol. The van der Waals surface area contributed by atoms with Crippen LogP contribution in [0.4, 0.5) is 0 Å². The maximum Gasteiger partial charge on any atom is 0.120 e. The van der Waals surface area contributed by atoms with E-state index < -0.39 is 0 Å². The maximum atomic E-state index is 6.60. The lowest BCUT2D eigenvalue weighted by molar-refractivity contribution is -0.0672. The van der Waals surface area contributed by atoms with Crippen LogP contribution in [0.1, 0.15) is 57.1 Å². The Morgan fingerprint density at radius 2 is 1.90 bits per heavy atom. The fourth-order valence-electron chi connectivity index (χ4n) is 3.36. The minimum atomic E-state index is -0.218. The van der Waals surface area contributed by atoms with Crippen LogP contribution in [0, 0.1) is 5.92 Å². The Morgan fingerprint density at radius 1 is 1.19 bits per heavy atom. The molecule has 2 aliphatic carbocycles. The molecule has 3 rings (SSSR count). The van der Waals surface area contributed by atoms with Crippen molar-refractivity contribution in [3.8, 4) is 5.75 Å². The summed E-state index contributed by atoms with van der Waals surface area (Å²) in [6.45, 7) is 2.31. The fourth-order valence-corrected chi connectivity index (χ4v) is 3.36. The fraction of sp³-hybridized carbons (Fsp3) is 0.667. The van der Waals surface area contributed by atoms with Gasteiger partial charge in [0, 0.05) is 7.11 Å². The Morgan fingerprint density at radius 3 is 2.52 bits per heavy atom. The van der Waals surface area contributed by atoms with Crippen LogP contribution in [-0.4, -0.2) is 18.8 Å². The zero-order valence-electron chi connectivity index (χ0n) is 13.2. The summed E-state index contributed by atoms with van der Waals surface area (Å²) in [5.74, 6) is 1.73. The van der Waals surface area contributed by atoms with Gasteiger partial charge in [-0.05, 0) is 62.1 Å². The highest BCUT2D eigenvalue weighted by Gasteiger charge is 2.40. The molecule has 0 saturated heterocycles. The van der Waals surface area contributed by atoms with Gasteiger partial charge in [0.25, 0.3) is 0 Å². The molecule has 0 bridgehead atoms. The van der Waals surface area contributed by atoms with Crippen molar-refractivity contribution in [2.24, 2.45) is 11.7 Å². The van der Waals surface area contributed by atoms with E-state index in [0.29, 0.717) is 6.10 Å². The first-order chi connectivity index (χ1) is 10.1. The predicted molar refractivity (Wildman–Crippen MR) is 84.4 cm³/mol. The molecular formula is C18H27NO2. The predicted octanol–water partition coefficient (Wildman–Crippen LogP) is 3.82. The minimum Gasteiger partial charge on any atom is -0.490 e. The topological polar surface area (TPSA) is 44.5 Å². The van der Waals surface area contributed by atoms with Gasteiger partial charge in [-0.25, -0.2) is 0 Å². The quantitative estimate of drug-likeness (QED) is 0.896. The Labute approximate surface area is 127 Å². The number of rotatable bonds is 5. The standard InChI is InChI=1S/C18H27NO2/c1-13-8-10-18(20-2,11-9-13)17(19)14-4-3-5-16(12-14)21-15-6-7-15/h3-5,12-13,15,17H,6-11,19H2,1-2H3. The van der Waals surface area contributed by atoms with Crippen molar-refractivity contribution in [2.45, 2.75) is 63.2 Å². The van der Waals surface area contributed by atoms with Crippen LogP contribution in [0.2, 0.25) is 0 Å². The Hall–Kier alpha value is -1.06. The van der Waals surface area contributed by atoms with Crippen molar-refractivity contribution >= 4 is 0 Å². The smallest absolute Gasteiger partial charge is 0.120 e. The van der Waals surface area contributed by atoms with Gasteiger partial charge < -0.3 is 15.2 Å². The molecule has 0 aliphatic heterocycles. The molecule has 1 unspecified atom stereocenters. The van der Waals surface area contributed by atoms with Gasteiger partial charge in [-0.2, -0.15) is 0 Å². The molecule has 2 N–H and O–H groups in total. The molecule has 2 saturated carbocycles. The number of methoxy groups -OCH3 is 1. The van der Waals surface area contributed by atoms with E-state index >= 15 is 0 Å². The van der Waals surface area contributed by atoms with Crippen LogP contribution in [0.3, 0.4) is 0 Å². The molecule has 0 amide bonds. The number of benzene rings is 1. The summed E-state index contributed by atoms with van der Waals surface area (Å²) in [5.41, 5.74) is 7.51. The van der Waals surface area contributed by atoms with E-state index in [2.05, 4.69) is 19.1 Å². The molecule has 0 radical (unpaired) electrons. The van der Waals surface area contributed by atoms with Crippen molar-refractivity contribution in [1.82, 2.24) is 0 Å². The van der Waals surface area contributed by atoms with Crippen molar-refractivity contribution in [3.05, 3.63) is 29.8 Å². The normalized spacial score (nSPS) is 30.9. The van der Waals surface area contributed by atoms with Gasteiger partial charge >= 0.3 is 0 Å². The molecule has 0 aromatic heterocycles. The van der Waals surface area contributed by atoms with E-state index in [0.717, 1.165) is 30.1 Å². The third-order valence-corrected chi connectivity index (χ3v) is 5.14. The number of hydrogen-bond donors (Lipinski definition) is 1. The van der Waals surface area contributed by atoms with Crippen molar-refractivity contribution in [3.63, 3.8) is 0 Å². The highest BCUT2D eigenvalue weighted by molar-refractivity contribution is 5.32. The van der Waals surface area contributed by atoms with Gasteiger partial charge in [0.1, 0.15) is 5.75 Å². The summed E-state index contributed by atoms with van der Waals surface area (Å²) in [5, 5.41) is 0. The second kappa shape index (κ2) is 5.98. The second-order valence-electron chi connectivity index (χ2n) is 6.82. The van der Waals surface area contributed by atoms with E-state index in [1.807, 2.05) is 12.1 Å². The molecule has 3 nitrogen and oxygen atoms in total. The van der Waals surface area contributed by atoms with Crippen LogP contribution in [0.25, 0.3) is 0 Å². The summed E-state index contributed by atoms with van der Waals surface area (Å²) in [6, 6.07) is 8.18. The average Bonchev–Trinajstić information content (AvgIpc) is 3.32. The van der Waals surface area contributed by atoms with E-state index in [-0.39, 0.29) is 11.6 Å². The molecule has 1 aromatic rings. The summed E-state index contributed by atoms with van der Waals surface area (Å²) in [7, 11) is 1.81. The first-order valence-corrected chi connectivity index (χ1v) is 8.20. The minimum absolute atomic E-state index is 0.0854. The number of nitrogens with two attached hydrogens (primary N) is 1. The van der Waals surface area contributed by atoms with Gasteiger partial charge in [0.2, 0.25) is 0 Å². The molecule has 21 heavy (non-hydrogen) atoms. The van der Waals surface area contributed by atoms with Crippen LogP contribution >= 0.6 is 0 Å². The highest BCUT2D eigenvalue weighted by Crippen LogP contribution is 2.42. The highest BCUT2D eigenvalue weighted by atomic mass is 16.5. The summed E-state index contributed by atoms with van der Waals surface area (Å²) in [6.07, 6.45) is 7.24. The van der Waals surface area contributed by atoms with Crippen molar-refractivity contribution in [2.75, 3.05) is 7.11 Å². The van der Waals surface area contributed by atoms with Gasteiger partial charge in [-0.3, -0.25) is 0 Å². The Balaban J connectivity index is 1.77. The lowest BCUT2D eigenvalue weighted by Crippen LogP contribution is -2.45. The van der Waals surface area contributed by atoms with E-state index in [9.17, 15) is 0 Å². The maximum absolute atomic E-state index is 6.60. The third kappa shape index (κ3) is 3.24. The van der Waals surface area contributed by atoms with Crippen molar-refractivity contribution < 1.29 is 9.47 Å². The van der Waals surface area contributed by atoms with Crippen LogP contribution < -0.4 is 10.5 Å². The molecule has 1 aromatic carbocycles. The van der Waals surface area contributed by atoms with Crippen LogP contribution in [-0.2, 0) is 4.74 Å². The molecule has 2 fully saturated rings. The molecule has 2 aliphatic rings. The summed E-state index contributed by atoms with van der Waals surface area (Å²) < 4.78 is 11.8. The van der Waals surface area contributed by atoms with Crippen LogP contribution in [0.5, 0.6) is 5.75 Å². The lowest BCUT2D eigenvalue weighted by Gasteiger charge is -2.42. The summed E-state index contributed by atoms with van der Waals surface area (Å²) >= 11 is 0. The Kier molecular flexibility index (Phi) is 4.23. The molecular weight excluding hydrogens is 262 g/mol. The monoisotopic (exact) mass is 289 g/mol. The molecule has 0 heterocycles. The number of hydrogen-bond acceptors (Lipinski definition) is 3. The lowest BCUT2D eigenvalue weighted by atomic mass is 9.74. The van der Waals surface area contributed by atoms with Gasteiger partial charge in [-0.15, -0.1) is 0 Å². The second-order valence-corrected chi connectivity index (χ2v) is 6.82. The third-order valence-electron chi connectivity index (χ3n) is 5.14. The first kappa shape index (κ1) is 14.9. The molecule has 116 valence electrons. The van der Waals surface area contributed by atoms with Crippen molar-refractivity contribution in [1.29, 1.82) is 0 Å². The van der Waals surface area contributed by atoms with E-state index in [1.165, 1.54) is 25.7 Å².